The molecule has 0 aliphatic heterocycles. The van der Waals surface area contributed by atoms with Gasteiger partial charge in [-0.2, -0.15) is 0 Å². The lowest BCUT2D eigenvalue weighted by Gasteiger charge is -2.36. The zero-order valence-corrected chi connectivity index (χ0v) is 16.1. The molecule has 0 bridgehead atoms. The van der Waals surface area contributed by atoms with Crippen LogP contribution in [-0.2, 0) is 9.59 Å². The molecule has 0 saturated heterocycles. The summed E-state index contributed by atoms with van der Waals surface area (Å²) >= 11 is 0. The van der Waals surface area contributed by atoms with Crippen molar-refractivity contribution in [3.05, 3.63) is 30.1 Å². The van der Waals surface area contributed by atoms with Crippen molar-refractivity contribution in [2.75, 3.05) is 18.9 Å². The van der Waals surface area contributed by atoms with E-state index in [1.54, 1.807) is 24.9 Å². The number of rotatable bonds is 6. The van der Waals surface area contributed by atoms with Crippen LogP contribution in [-0.4, -0.2) is 42.4 Å². The highest BCUT2D eigenvalue weighted by Gasteiger charge is 2.30. The first kappa shape index (κ1) is 20.4. The van der Waals surface area contributed by atoms with Gasteiger partial charge in [-0.1, -0.05) is 32.8 Å². The van der Waals surface area contributed by atoms with E-state index in [0.717, 1.165) is 12.8 Å². The van der Waals surface area contributed by atoms with Crippen LogP contribution in [0.4, 0.5) is 10.1 Å². The summed E-state index contributed by atoms with van der Waals surface area (Å²) in [4.78, 5) is 26.4. The number of nitrogens with zero attached hydrogens (tertiary/aromatic N) is 1. The average molecular weight is 363 g/mol. The third-order valence-electron chi connectivity index (χ3n) is 5.58. The van der Waals surface area contributed by atoms with Gasteiger partial charge < -0.3 is 10.6 Å². The molecule has 1 saturated carbocycles. The second-order valence-corrected chi connectivity index (χ2v) is 7.53. The molecule has 0 aromatic heterocycles. The van der Waals surface area contributed by atoms with E-state index in [0.29, 0.717) is 17.5 Å². The molecule has 1 fully saturated rings. The fraction of sp³-hybridized carbons (Fsp3) is 0.600. The molecule has 2 N–H and O–H groups in total. The summed E-state index contributed by atoms with van der Waals surface area (Å²) in [7, 11) is 1.74. The van der Waals surface area contributed by atoms with E-state index in [4.69, 9.17) is 0 Å². The quantitative estimate of drug-likeness (QED) is 0.817. The highest BCUT2D eigenvalue weighted by atomic mass is 19.1. The third kappa shape index (κ3) is 5.53. The van der Waals surface area contributed by atoms with E-state index >= 15 is 0 Å². The van der Waals surface area contributed by atoms with E-state index < -0.39 is 11.9 Å². The number of hydrogen-bond acceptors (Lipinski definition) is 3. The summed E-state index contributed by atoms with van der Waals surface area (Å²) < 4.78 is 13.2. The Bertz CT molecular complexity index is 637. The van der Waals surface area contributed by atoms with Crippen LogP contribution >= 0.6 is 0 Å². The van der Waals surface area contributed by atoms with E-state index in [1.807, 2.05) is 0 Å². The maximum absolute atomic E-state index is 13.2. The number of carbonyl (C=O) groups excluding carboxylic acids is 2. The zero-order valence-electron chi connectivity index (χ0n) is 16.1. The fourth-order valence-electron chi connectivity index (χ4n) is 3.42. The molecule has 144 valence electrons. The fourth-order valence-corrected chi connectivity index (χ4v) is 3.42. The summed E-state index contributed by atoms with van der Waals surface area (Å²) in [6, 6.07) is 5.53. The molecule has 5 nitrogen and oxygen atoms in total. The summed E-state index contributed by atoms with van der Waals surface area (Å²) in [6.45, 7) is 6.27. The van der Waals surface area contributed by atoms with E-state index in [2.05, 4.69) is 24.5 Å². The summed E-state index contributed by atoms with van der Waals surface area (Å²) in [5.41, 5.74) is 0.408. The van der Waals surface area contributed by atoms with Gasteiger partial charge in [0.25, 0.3) is 0 Å². The molecular weight excluding hydrogens is 333 g/mol. The molecule has 1 aliphatic rings. The maximum atomic E-state index is 13.2. The van der Waals surface area contributed by atoms with Crippen LogP contribution in [0.2, 0.25) is 0 Å². The zero-order chi connectivity index (χ0) is 19.3. The number of benzene rings is 1. The molecule has 2 amide bonds. The molecule has 0 heterocycles. The van der Waals surface area contributed by atoms with Gasteiger partial charge in [0.1, 0.15) is 5.82 Å². The van der Waals surface area contributed by atoms with Gasteiger partial charge in [0.2, 0.25) is 11.8 Å². The van der Waals surface area contributed by atoms with Crippen LogP contribution in [0.3, 0.4) is 0 Å². The molecule has 1 aromatic rings. The number of nitrogens with one attached hydrogen (secondary N) is 2. The van der Waals surface area contributed by atoms with Crippen molar-refractivity contribution in [1.29, 1.82) is 0 Å². The molecule has 6 heteroatoms. The Morgan fingerprint density at radius 2 is 2.04 bits per heavy atom. The highest BCUT2D eigenvalue weighted by Crippen LogP contribution is 2.29. The van der Waals surface area contributed by atoms with Gasteiger partial charge in [0.05, 0.1) is 12.6 Å². The van der Waals surface area contributed by atoms with Crippen LogP contribution in [0, 0.1) is 17.7 Å². The van der Waals surface area contributed by atoms with Crippen molar-refractivity contribution in [1.82, 2.24) is 10.2 Å². The van der Waals surface area contributed by atoms with Crippen molar-refractivity contribution in [2.45, 2.75) is 52.1 Å². The van der Waals surface area contributed by atoms with Crippen molar-refractivity contribution in [3.8, 4) is 0 Å². The Labute approximate surface area is 155 Å². The van der Waals surface area contributed by atoms with Crippen LogP contribution in [0.25, 0.3) is 0 Å². The van der Waals surface area contributed by atoms with Crippen molar-refractivity contribution < 1.29 is 14.0 Å². The number of amides is 2. The molecule has 4 atom stereocenters. The molecule has 1 aromatic carbocycles. The van der Waals surface area contributed by atoms with Crippen LogP contribution < -0.4 is 10.6 Å². The molecule has 0 radical (unpaired) electrons. The standard InChI is InChI=1S/C20H30FN3O2/c1-13-7-5-10-18(14(13)2)23-20(26)15(3)24(4)12-19(25)22-17-9-6-8-16(21)11-17/h6,8-9,11,13-15,18H,5,7,10,12H2,1-4H3,(H,22,25)(H,23,26)/t13-,14-,15-,18+/m1/s1. The average Bonchev–Trinajstić information content (AvgIpc) is 2.58. The molecular formula is C20H30FN3O2. The van der Waals surface area contributed by atoms with Gasteiger partial charge in [-0.15, -0.1) is 0 Å². The molecule has 0 unspecified atom stereocenters. The number of likely N-dealkylation sites (N-methyl/N-ethyl adjacent to an activating group) is 1. The van der Waals surface area contributed by atoms with Crippen molar-refractivity contribution in [2.24, 2.45) is 11.8 Å². The lowest BCUT2D eigenvalue weighted by Crippen LogP contribution is -2.51. The first-order valence-corrected chi connectivity index (χ1v) is 9.34. The number of hydrogen-bond donors (Lipinski definition) is 2. The molecule has 2 rings (SSSR count). The largest absolute Gasteiger partial charge is 0.352 e. The first-order chi connectivity index (χ1) is 12.3. The van der Waals surface area contributed by atoms with Crippen molar-refractivity contribution >= 4 is 17.5 Å². The van der Waals surface area contributed by atoms with E-state index in [-0.39, 0.29) is 24.4 Å². The monoisotopic (exact) mass is 363 g/mol. The van der Waals surface area contributed by atoms with Gasteiger partial charge in [-0.25, -0.2) is 4.39 Å². The Kier molecular flexibility index (Phi) is 7.14. The van der Waals surface area contributed by atoms with Crippen LogP contribution in [0.15, 0.2) is 24.3 Å². The van der Waals surface area contributed by atoms with Gasteiger partial charge in [0, 0.05) is 11.7 Å². The van der Waals surface area contributed by atoms with Crippen molar-refractivity contribution in [3.63, 3.8) is 0 Å². The van der Waals surface area contributed by atoms with E-state index in [1.165, 1.54) is 24.6 Å². The Hall–Kier alpha value is -1.95. The Morgan fingerprint density at radius 3 is 2.73 bits per heavy atom. The minimum atomic E-state index is -0.419. The van der Waals surface area contributed by atoms with E-state index in [9.17, 15) is 14.0 Å². The predicted octanol–water partition coefficient (Wildman–Crippen LogP) is 3.03. The Balaban J connectivity index is 1.84. The minimum absolute atomic E-state index is 0.0573. The molecule has 26 heavy (non-hydrogen) atoms. The van der Waals surface area contributed by atoms with Crippen LogP contribution in [0.1, 0.15) is 40.0 Å². The van der Waals surface area contributed by atoms with Gasteiger partial charge in [0.15, 0.2) is 0 Å². The van der Waals surface area contributed by atoms with Gasteiger partial charge in [-0.3, -0.25) is 14.5 Å². The lowest BCUT2D eigenvalue weighted by atomic mass is 9.78. The highest BCUT2D eigenvalue weighted by molar-refractivity contribution is 5.92. The third-order valence-corrected chi connectivity index (χ3v) is 5.58. The van der Waals surface area contributed by atoms with Gasteiger partial charge in [-0.05, 0) is 50.4 Å². The second kappa shape index (κ2) is 9.12. The summed E-state index contributed by atoms with van der Waals surface area (Å²) in [5.74, 6) is 0.328. The number of halogens is 1. The maximum Gasteiger partial charge on any atom is 0.238 e. The number of carbonyl (C=O) groups is 2. The lowest BCUT2D eigenvalue weighted by molar-refractivity contribution is -0.127. The Morgan fingerprint density at radius 1 is 1.31 bits per heavy atom. The summed E-state index contributed by atoms with van der Waals surface area (Å²) in [5, 5.41) is 5.80. The second-order valence-electron chi connectivity index (χ2n) is 7.53. The predicted molar refractivity (Wildman–Crippen MR) is 101 cm³/mol. The number of anilines is 1. The van der Waals surface area contributed by atoms with Gasteiger partial charge >= 0.3 is 0 Å². The molecule has 1 aliphatic carbocycles. The smallest absolute Gasteiger partial charge is 0.238 e. The normalized spacial score (nSPS) is 24.2. The summed E-state index contributed by atoms with van der Waals surface area (Å²) in [6.07, 6.45) is 3.35. The topological polar surface area (TPSA) is 61.4 Å². The first-order valence-electron chi connectivity index (χ1n) is 9.34. The SMILES string of the molecule is C[C@@H]1[C@H](C)CCC[C@@H]1NC(=O)[C@@H](C)N(C)CC(=O)Nc1cccc(F)c1. The minimum Gasteiger partial charge on any atom is -0.352 e. The molecule has 0 spiro atoms. The van der Waals surface area contributed by atoms with Crippen LogP contribution in [0.5, 0.6) is 0 Å².